The van der Waals surface area contributed by atoms with Gasteiger partial charge in [0.25, 0.3) is 0 Å². The summed E-state index contributed by atoms with van der Waals surface area (Å²) in [5.74, 6) is -8.78. The van der Waals surface area contributed by atoms with Crippen LogP contribution in [0.5, 0.6) is 0 Å². The molecule has 0 atom stereocenters. The Labute approximate surface area is 115 Å². The minimum atomic E-state index is -6.01. The number of rotatable bonds is 5. The zero-order valence-corrected chi connectivity index (χ0v) is 11.0. The summed E-state index contributed by atoms with van der Waals surface area (Å²) in [7, 11) is 0. The third-order valence-corrected chi connectivity index (χ3v) is 2.34. The van der Waals surface area contributed by atoms with Crippen LogP contribution in [0, 0.1) is 5.92 Å². The fraction of sp³-hybridized carbons (Fsp3) is 0.800. The van der Waals surface area contributed by atoms with Crippen molar-refractivity contribution in [1.82, 2.24) is 0 Å². The molecule has 0 aromatic carbocycles. The predicted molar refractivity (Wildman–Crippen MR) is 55.8 cm³/mol. The van der Waals surface area contributed by atoms with Gasteiger partial charge in [0.1, 0.15) is 0 Å². The highest BCUT2D eigenvalue weighted by Crippen LogP contribution is 2.45. The second-order valence-corrected chi connectivity index (χ2v) is 3.83. The van der Waals surface area contributed by atoms with E-state index in [0.29, 0.717) is 0 Å². The molecule has 0 spiro atoms. The molecule has 0 rings (SSSR count). The van der Waals surface area contributed by atoms with E-state index in [0.717, 1.165) is 13.8 Å². The Bertz CT molecular complexity index is 360. The summed E-state index contributed by atoms with van der Waals surface area (Å²) < 4.78 is 84.3. The highest BCUT2D eigenvalue weighted by molar-refractivity contribution is 6.05. The Morgan fingerprint density at radius 2 is 1.19 bits per heavy atom. The minimum absolute atomic E-state index is 0.570. The Hall–Kier alpha value is -1.52. The summed E-state index contributed by atoms with van der Waals surface area (Å²) in [4.78, 5) is 22.9. The van der Waals surface area contributed by atoms with Crippen LogP contribution in [0.2, 0.25) is 0 Å². The summed E-state index contributed by atoms with van der Waals surface area (Å²) in [5, 5.41) is 0. The molecule has 0 saturated heterocycles. The first kappa shape index (κ1) is 19.5. The second kappa shape index (κ2) is 6.50. The Morgan fingerprint density at radius 3 is 1.38 bits per heavy atom. The highest BCUT2D eigenvalue weighted by Gasteiger charge is 2.72. The summed E-state index contributed by atoms with van der Waals surface area (Å²) in [5.41, 5.74) is 0.818. The number of esters is 2. The third kappa shape index (κ3) is 4.22. The first-order valence-corrected chi connectivity index (χ1v) is 5.60. The van der Waals surface area contributed by atoms with Gasteiger partial charge in [0.15, 0.2) is 5.92 Å². The lowest BCUT2D eigenvalue weighted by molar-refractivity contribution is -0.300. The molecule has 0 amide bonds. The van der Waals surface area contributed by atoms with Crippen LogP contribution in [-0.4, -0.2) is 43.0 Å². The van der Waals surface area contributed by atoms with Crippen LogP contribution in [0.3, 0.4) is 0 Å². The van der Waals surface area contributed by atoms with Crippen molar-refractivity contribution in [2.24, 2.45) is 11.7 Å². The minimum Gasteiger partial charge on any atom is -0.464 e. The van der Waals surface area contributed by atoms with Gasteiger partial charge in [-0.15, -0.1) is 0 Å². The van der Waals surface area contributed by atoms with Crippen LogP contribution in [0.1, 0.15) is 13.8 Å². The van der Waals surface area contributed by atoms with Gasteiger partial charge in [-0.3, -0.25) is 0 Å². The van der Waals surface area contributed by atoms with Crippen LogP contribution >= 0.6 is 0 Å². The number of nitrogens with two attached hydrogens (primary N) is 1. The maximum Gasteiger partial charge on any atom is 0.403 e. The van der Waals surface area contributed by atoms with Crippen molar-refractivity contribution in [3.8, 4) is 0 Å². The first-order chi connectivity index (χ1) is 9.33. The van der Waals surface area contributed by atoms with Gasteiger partial charge in [-0.25, -0.2) is 9.59 Å². The average molecular weight is 325 g/mol. The lowest BCUT2D eigenvalue weighted by atomic mass is 9.83. The first-order valence-electron chi connectivity index (χ1n) is 5.60. The number of halogens is 6. The van der Waals surface area contributed by atoms with Crippen LogP contribution in [0.4, 0.5) is 26.3 Å². The molecular weight excluding hydrogens is 312 g/mol. The van der Waals surface area contributed by atoms with Crippen molar-refractivity contribution >= 4 is 11.9 Å². The van der Waals surface area contributed by atoms with Crippen molar-refractivity contribution in [3.05, 3.63) is 0 Å². The van der Waals surface area contributed by atoms with Crippen molar-refractivity contribution in [3.63, 3.8) is 0 Å². The molecule has 0 radical (unpaired) electrons. The van der Waals surface area contributed by atoms with Crippen LogP contribution in [0.15, 0.2) is 0 Å². The van der Waals surface area contributed by atoms with E-state index < -0.39 is 49.0 Å². The third-order valence-electron chi connectivity index (χ3n) is 2.34. The van der Waals surface area contributed by atoms with Crippen LogP contribution < -0.4 is 5.73 Å². The lowest BCUT2D eigenvalue weighted by Crippen LogP contribution is -2.68. The number of carbonyl (C=O) groups excluding carboxylic acids is 2. The van der Waals surface area contributed by atoms with Crippen molar-refractivity contribution in [2.45, 2.75) is 31.7 Å². The van der Waals surface area contributed by atoms with E-state index in [4.69, 9.17) is 5.73 Å². The van der Waals surface area contributed by atoms with Crippen molar-refractivity contribution in [1.29, 1.82) is 0 Å². The Kier molecular flexibility index (Phi) is 6.03. The molecule has 11 heteroatoms. The van der Waals surface area contributed by atoms with Crippen LogP contribution in [-0.2, 0) is 19.1 Å². The molecule has 0 saturated carbocycles. The van der Waals surface area contributed by atoms with Gasteiger partial charge in [-0.2, -0.15) is 26.3 Å². The van der Waals surface area contributed by atoms with Gasteiger partial charge >= 0.3 is 24.3 Å². The molecule has 2 N–H and O–H groups in total. The molecule has 0 heterocycles. The topological polar surface area (TPSA) is 78.6 Å². The molecule has 0 bridgehead atoms. The van der Waals surface area contributed by atoms with Gasteiger partial charge in [-0.1, -0.05) is 0 Å². The van der Waals surface area contributed by atoms with E-state index in [1.165, 1.54) is 0 Å². The van der Waals surface area contributed by atoms with Gasteiger partial charge < -0.3 is 15.2 Å². The van der Waals surface area contributed by atoms with Crippen molar-refractivity contribution < 1.29 is 45.4 Å². The number of carbonyl (C=O) groups is 2. The Balaban J connectivity index is 6.07. The standard InChI is InChI=1S/C10H13F6NO4/c1-3-20-6(18)8(17,7(19)21-4-2)5(9(11,12)13)10(14,15)16/h5H,3-4,17H2,1-2H3. The fourth-order valence-electron chi connectivity index (χ4n) is 1.52. The summed E-state index contributed by atoms with van der Waals surface area (Å²) >= 11 is 0. The monoisotopic (exact) mass is 325 g/mol. The predicted octanol–water partition coefficient (Wildman–Crippen LogP) is 1.55. The molecule has 21 heavy (non-hydrogen) atoms. The van der Waals surface area contributed by atoms with E-state index in [9.17, 15) is 35.9 Å². The molecule has 0 aliphatic heterocycles. The maximum absolute atomic E-state index is 12.7. The molecule has 0 aromatic heterocycles. The van der Waals surface area contributed by atoms with E-state index in [1.807, 2.05) is 0 Å². The average Bonchev–Trinajstić information content (AvgIpc) is 2.25. The molecule has 124 valence electrons. The van der Waals surface area contributed by atoms with E-state index in [1.54, 1.807) is 0 Å². The fourth-order valence-corrected chi connectivity index (χ4v) is 1.52. The zero-order chi connectivity index (χ0) is 17.1. The largest absolute Gasteiger partial charge is 0.464 e. The van der Waals surface area contributed by atoms with E-state index in [-0.39, 0.29) is 0 Å². The summed E-state index contributed by atoms with van der Waals surface area (Å²) in [6, 6.07) is 0. The highest BCUT2D eigenvalue weighted by atomic mass is 19.4. The molecular formula is C10H13F6NO4. The zero-order valence-electron chi connectivity index (χ0n) is 11.0. The van der Waals surface area contributed by atoms with Gasteiger partial charge in [0, 0.05) is 0 Å². The summed E-state index contributed by atoms with van der Waals surface area (Å²) in [6.07, 6.45) is -12.0. The quantitative estimate of drug-likeness (QED) is 0.471. The number of hydrogen-bond acceptors (Lipinski definition) is 5. The Morgan fingerprint density at radius 1 is 0.905 bits per heavy atom. The molecule has 0 aromatic rings. The maximum atomic E-state index is 12.7. The SMILES string of the molecule is CCOC(=O)C(N)(C(=O)OCC)C(C(F)(F)F)C(F)(F)F. The summed E-state index contributed by atoms with van der Waals surface area (Å²) in [6.45, 7) is 1.11. The number of hydrogen-bond donors (Lipinski definition) is 1. The molecule has 0 fully saturated rings. The molecule has 0 aliphatic rings. The van der Waals surface area contributed by atoms with Gasteiger partial charge in [0.05, 0.1) is 13.2 Å². The number of ether oxygens (including phenoxy) is 2. The van der Waals surface area contributed by atoms with E-state index in [2.05, 4.69) is 9.47 Å². The van der Waals surface area contributed by atoms with Crippen LogP contribution in [0.25, 0.3) is 0 Å². The van der Waals surface area contributed by atoms with Crippen molar-refractivity contribution in [2.75, 3.05) is 13.2 Å². The van der Waals surface area contributed by atoms with Gasteiger partial charge in [-0.05, 0) is 13.8 Å². The smallest absolute Gasteiger partial charge is 0.403 e. The normalized spacial score (nSPS) is 13.2. The van der Waals surface area contributed by atoms with E-state index >= 15 is 0 Å². The molecule has 5 nitrogen and oxygen atoms in total. The molecule has 0 unspecified atom stereocenters. The van der Waals surface area contributed by atoms with Gasteiger partial charge in [0.2, 0.25) is 5.54 Å². The lowest BCUT2D eigenvalue weighted by Gasteiger charge is -2.34. The number of alkyl halides is 6. The molecule has 0 aliphatic carbocycles. The second-order valence-electron chi connectivity index (χ2n) is 3.83.